The topological polar surface area (TPSA) is 136 Å². The van der Waals surface area contributed by atoms with Crippen molar-refractivity contribution in [2.24, 2.45) is 4.36 Å². The van der Waals surface area contributed by atoms with E-state index in [2.05, 4.69) is 14.3 Å². The zero-order valence-corrected chi connectivity index (χ0v) is 21.7. The van der Waals surface area contributed by atoms with Gasteiger partial charge in [0.2, 0.25) is 0 Å². The first-order valence-corrected chi connectivity index (χ1v) is 13.9. The minimum absolute atomic E-state index is 0.203. The lowest BCUT2D eigenvalue weighted by atomic mass is 9.95. The van der Waals surface area contributed by atoms with Gasteiger partial charge in [-0.25, -0.2) is 4.98 Å². The van der Waals surface area contributed by atoms with E-state index in [4.69, 9.17) is 30.8 Å². The number of amides is 1. The molecule has 0 bridgehead atoms. The second-order valence-corrected chi connectivity index (χ2v) is 10.6. The van der Waals surface area contributed by atoms with E-state index in [-0.39, 0.29) is 25.3 Å². The van der Waals surface area contributed by atoms with Gasteiger partial charge in [-0.2, -0.15) is 9.35 Å². The molecule has 5 atom stereocenters. The second-order valence-electron chi connectivity index (χ2n) is 9.04. The molecule has 196 valence electrons. The number of nitrogens with one attached hydrogen (secondary N) is 1. The van der Waals surface area contributed by atoms with Gasteiger partial charge in [-0.1, -0.05) is 48.0 Å². The minimum Gasteiger partial charge on any atom is -0.456 e. The van der Waals surface area contributed by atoms with Crippen LogP contribution in [0.4, 0.5) is 0 Å². The van der Waals surface area contributed by atoms with Crippen LogP contribution < -0.4 is 4.74 Å². The first-order valence-electron chi connectivity index (χ1n) is 11.9. The number of halogens is 1. The number of hydrogen-bond donors (Lipinski definition) is 3. The number of aromatic amines is 1. The van der Waals surface area contributed by atoms with Crippen molar-refractivity contribution in [1.29, 1.82) is 0 Å². The molecule has 10 nitrogen and oxygen atoms in total. The van der Waals surface area contributed by atoms with E-state index in [0.29, 0.717) is 38.6 Å². The van der Waals surface area contributed by atoms with Crippen molar-refractivity contribution in [1.82, 2.24) is 15.0 Å². The van der Waals surface area contributed by atoms with Gasteiger partial charge in [0.25, 0.3) is 11.9 Å². The molecule has 38 heavy (non-hydrogen) atoms. The molecule has 4 heterocycles. The van der Waals surface area contributed by atoms with Gasteiger partial charge < -0.3 is 19.3 Å². The fourth-order valence-corrected chi connectivity index (χ4v) is 5.37. The molecule has 12 heteroatoms. The normalized spacial score (nSPS) is 23.6. The van der Waals surface area contributed by atoms with E-state index in [1.807, 2.05) is 30.3 Å². The van der Waals surface area contributed by atoms with Gasteiger partial charge in [-0.3, -0.25) is 14.0 Å². The highest BCUT2D eigenvalue weighted by atomic mass is 35.5. The third kappa shape index (κ3) is 4.67. The fourth-order valence-electron chi connectivity index (χ4n) is 4.75. The van der Waals surface area contributed by atoms with Gasteiger partial charge in [0.05, 0.1) is 23.9 Å². The van der Waals surface area contributed by atoms with Crippen LogP contribution >= 0.6 is 11.6 Å². The standard InChI is InChI=1S/C26H23ClN4O6S/c1-38(34)31-25(33)14-7-8-15(16(9-14)13-5-3-2-4-6-13)21-17(27)10-18-24(29-21)30-26(28-18)37-20-12-36-22-19(32)11-35-23(20)22/h2-10,19-20,22-23,32,38H,11-12H2,1H3,(H,28,29,30)/t19-,20-,22-,23-/m1/s1. The summed E-state index contributed by atoms with van der Waals surface area (Å²) in [6.07, 6.45) is -0.515. The summed E-state index contributed by atoms with van der Waals surface area (Å²) in [5.41, 5.74) is 4.02. The monoisotopic (exact) mass is 554 g/mol. The molecule has 2 fully saturated rings. The van der Waals surface area contributed by atoms with Gasteiger partial charge in [-0.05, 0) is 29.3 Å². The molecule has 2 N–H and O–H groups in total. The molecular formula is C26H23ClN4O6S. The first kappa shape index (κ1) is 25.0. The van der Waals surface area contributed by atoms with Crippen molar-refractivity contribution in [3.8, 4) is 28.4 Å². The Hall–Kier alpha value is -3.35. The van der Waals surface area contributed by atoms with Gasteiger partial charge in [-0.15, -0.1) is 0 Å². The highest BCUT2D eigenvalue weighted by molar-refractivity contribution is 7.74. The average molecular weight is 555 g/mol. The number of aromatic nitrogens is 3. The Labute approximate surface area is 224 Å². The van der Waals surface area contributed by atoms with Gasteiger partial charge >= 0.3 is 0 Å². The number of rotatable bonds is 5. The van der Waals surface area contributed by atoms with Gasteiger partial charge in [0.15, 0.2) is 11.8 Å². The van der Waals surface area contributed by atoms with Crippen molar-refractivity contribution in [2.75, 3.05) is 19.5 Å². The molecule has 2 aromatic heterocycles. The number of H-pyrrole nitrogens is 1. The van der Waals surface area contributed by atoms with Gasteiger partial charge in [0.1, 0.15) is 23.8 Å². The second kappa shape index (κ2) is 10.1. The molecule has 4 aromatic rings. The van der Waals surface area contributed by atoms with Crippen LogP contribution in [0.1, 0.15) is 10.4 Å². The maximum atomic E-state index is 12.5. The Morgan fingerprint density at radius 1 is 1.11 bits per heavy atom. The maximum Gasteiger partial charge on any atom is 0.296 e. The lowest BCUT2D eigenvalue weighted by Gasteiger charge is -2.15. The lowest BCUT2D eigenvalue weighted by molar-refractivity contribution is 0.00706. The van der Waals surface area contributed by atoms with Crippen molar-refractivity contribution in [3.05, 3.63) is 65.2 Å². The number of carbonyl (C=O) groups excluding carboxylic acids is 1. The number of thiol groups is 1. The summed E-state index contributed by atoms with van der Waals surface area (Å²) in [5.74, 6) is -0.556. The van der Waals surface area contributed by atoms with E-state index < -0.39 is 34.8 Å². The van der Waals surface area contributed by atoms with Crippen LogP contribution in [0.25, 0.3) is 33.5 Å². The van der Waals surface area contributed by atoms with Crippen LogP contribution in [0.3, 0.4) is 0 Å². The molecule has 2 aliphatic heterocycles. The zero-order valence-electron chi connectivity index (χ0n) is 20.1. The quantitative estimate of drug-likeness (QED) is 0.320. The zero-order chi connectivity index (χ0) is 26.4. The molecule has 0 saturated carbocycles. The Morgan fingerprint density at radius 3 is 2.68 bits per heavy atom. The minimum atomic E-state index is -1.97. The lowest BCUT2D eigenvalue weighted by Crippen LogP contribution is -2.34. The summed E-state index contributed by atoms with van der Waals surface area (Å²) in [6.45, 7) is 0.474. The number of fused-ring (bicyclic) bond motifs is 2. The molecule has 6 rings (SSSR count). The van der Waals surface area contributed by atoms with Crippen molar-refractivity contribution < 1.29 is 28.3 Å². The largest absolute Gasteiger partial charge is 0.456 e. The van der Waals surface area contributed by atoms with Gasteiger partial charge in [0, 0.05) is 28.0 Å². The predicted octanol–water partition coefficient (Wildman–Crippen LogP) is 3.29. The molecule has 2 aromatic carbocycles. The molecule has 2 aliphatic rings. The Kier molecular flexibility index (Phi) is 6.62. The number of aliphatic hydroxyl groups is 1. The van der Waals surface area contributed by atoms with E-state index in [0.717, 1.165) is 5.56 Å². The smallest absolute Gasteiger partial charge is 0.296 e. The number of nitrogens with zero attached hydrogens (tertiary/aromatic N) is 3. The Bertz CT molecular complexity index is 1620. The summed E-state index contributed by atoms with van der Waals surface area (Å²) in [6, 6.07) is 16.5. The van der Waals surface area contributed by atoms with Crippen molar-refractivity contribution in [2.45, 2.75) is 24.4 Å². The van der Waals surface area contributed by atoms with Crippen LogP contribution in [0, 0.1) is 0 Å². The number of hydrogen-bond acceptors (Lipinski definition) is 8. The molecule has 1 unspecified atom stereocenters. The summed E-state index contributed by atoms with van der Waals surface area (Å²) < 4.78 is 32.4. The number of pyridine rings is 1. The predicted molar refractivity (Wildman–Crippen MR) is 142 cm³/mol. The molecule has 0 aliphatic carbocycles. The van der Waals surface area contributed by atoms with Crippen LogP contribution in [0.5, 0.6) is 6.01 Å². The van der Waals surface area contributed by atoms with Crippen LogP contribution in [-0.4, -0.2) is 74.1 Å². The van der Waals surface area contributed by atoms with E-state index >= 15 is 0 Å². The molecule has 1 amide bonds. The Morgan fingerprint density at radius 2 is 1.89 bits per heavy atom. The summed E-state index contributed by atoms with van der Waals surface area (Å²) in [5, 5.41) is 10.3. The number of benzene rings is 2. The summed E-state index contributed by atoms with van der Waals surface area (Å²) >= 11 is 6.69. The molecule has 0 spiro atoms. The summed E-state index contributed by atoms with van der Waals surface area (Å²) in [4.78, 5) is 24.8. The fraction of sp³-hybridized carbons (Fsp3) is 0.269. The maximum absolute atomic E-state index is 12.5. The highest BCUT2D eigenvalue weighted by Crippen LogP contribution is 2.37. The first-order chi connectivity index (χ1) is 18.4. The van der Waals surface area contributed by atoms with Crippen molar-refractivity contribution >= 4 is 39.3 Å². The summed E-state index contributed by atoms with van der Waals surface area (Å²) in [7, 11) is -1.97. The molecular weight excluding hydrogens is 532 g/mol. The molecule has 0 radical (unpaired) electrons. The average Bonchev–Trinajstić information content (AvgIpc) is 3.60. The molecule has 2 saturated heterocycles. The van der Waals surface area contributed by atoms with Crippen LogP contribution in [0.15, 0.2) is 59.0 Å². The third-order valence-electron chi connectivity index (χ3n) is 6.49. The number of aliphatic hydroxyl groups excluding tert-OH is 1. The number of imidazole rings is 1. The van der Waals surface area contributed by atoms with Crippen molar-refractivity contribution in [3.63, 3.8) is 0 Å². The van der Waals surface area contributed by atoms with E-state index in [9.17, 15) is 14.1 Å². The number of carbonyl (C=O) groups is 1. The van der Waals surface area contributed by atoms with E-state index in [1.165, 1.54) is 6.26 Å². The highest BCUT2D eigenvalue weighted by Gasteiger charge is 2.48. The van der Waals surface area contributed by atoms with Crippen LogP contribution in [0.2, 0.25) is 5.02 Å². The Balaban J connectivity index is 1.38. The third-order valence-corrected chi connectivity index (χ3v) is 7.24. The van der Waals surface area contributed by atoms with Crippen LogP contribution in [-0.2, 0) is 20.1 Å². The SMILES string of the molecule is C/[SH](=O)=N/C(=O)c1ccc(-c2nc3[nH]c(O[C@@H]4CO[C@H]5[C@@H]4OC[C@H]5O)nc3cc2Cl)c(-c2ccccc2)c1. The van der Waals surface area contributed by atoms with E-state index in [1.54, 1.807) is 24.3 Å². The number of ether oxygens (including phenoxy) is 3.